The van der Waals surface area contributed by atoms with Crippen LogP contribution in [0.4, 0.5) is 0 Å². The first-order valence-electron chi connectivity index (χ1n) is 6.72. The van der Waals surface area contributed by atoms with Crippen molar-refractivity contribution in [3.63, 3.8) is 0 Å². The molecule has 0 spiro atoms. The number of carbonyl (C=O) groups excluding carboxylic acids is 2. The van der Waals surface area contributed by atoms with Crippen LogP contribution in [-0.4, -0.2) is 50.2 Å². The molecule has 1 fully saturated rings. The average Bonchev–Trinajstić information content (AvgIpc) is 2.31. The number of likely N-dealkylation sites (N-methyl/N-ethyl adjacent to an activating group) is 1. The van der Waals surface area contributed by atoms with Crippen LogP contribution in [0.15, 0.2) is 0 Å². The summed E-state index contributed by atoms with van der Waals surface area (Å²) in [5.74, 6) is -0.0854. The molecule has 19 heavy (non-hydrogen) atoms. The number of carbonyl (C=O) groups is 2. The van der Waals surface area contributed by atoms with E-state index in [0.29, 0.717) is 12.3 Å². The fourth-order valence-corrected chi connectivity index (χ4v) is 1.93. The topological polar surface area (TPSA) is 79.5 Å². The third kappa shape index (κ3) is 5.16. The molecule has 0 aromatic rings. The highest BCUT2D eigenvalue weighted by molar-refractivity contribution is 5.87. The van der Waals surface area contributed by atoms with Crippen molar-refractivity contribution < 1.29 is 14.3 Å². The summed E-state index contributed by atoms with van der Waals surface area (Å²) in [6.45, 7) is 7.49. The number of hydrogen-bond donors (Lipinski definition) is 3. The highest BCUT2D eigenvalue weighted by atomic mass is 16.5. The van der Waals surface area contributed by atoms with E-state index in [2.05, 4.69) is 16.0 Å². The Hall–Kier alpha value is -1.14. The van der Waals surface area contributed by atoms with Crippen LogP contribution in [0.1, 0.15) is 27.2 Å². The minimum atomic E-state index is -0.492. The molecule has 1 rings (SSSR count). The van der Waals surface area contributed by atoms with Gasteiger partial charge in [0, 0.05) is 20.1 Å². The second kappa shape index (κ2) is 6.86. The molecule has 1 aliphatic rings. The van der Waals surface area contributed by atoms with Gasteiger partial charge in [-0.25, -0.2) is 0 Å². The Morgan fingerprint density at radius 2 is 2.00 bits per heavy atom. The summed E-state index contributed by atoms with van der Waals surface area (Å²) in [5, 5.41) is 8.39. The van der Waals surface area contributed by atoms with Crippen molar-refractivity contribution in [3.05, 3.63) is 0 Å². The van der Waals surface area contributed by atoms with Crippen molar-refractivity contribution in [2.45, 2.75) is 38.8 Å². The van der Waals surface area contributed by atoms with Gasteiger partial charge in [-0.1, -0.05) is 13.8 Å². The van der Waals surface area contributed by atoms with Gasteiger partial charge in [0.15, 0.2) is 0 Å². The van der Waals surface area contributed by atoms with Crippen LogP contribution in [0.2, 0.25) is 0 Å². The van der Waals surface area contributed by atoms with E-state index in [9.17, 15) is 9.59 Å². The summed E-state index contributed by atoms with van der Waals surface area (Å²) in [5.41, 5.74) is -0.252. The fourth-order valence-electron chi connectivity index (χ4n) is 1.93. The van der Waals surface area contributed by atoms with E-state index in [-0.39, 0.29) is 24.0 Å². The molecule has 0 bridgehead atoms. The number of ether oxygens (including phenoxy) is 1. The van der Waals surface area contributed by atoms with E-state index in [1.54, 1.807) is 7.05 Å². The van der Waals surface area contributed by atoms with Crippen LogP contribution < -0.4 is 16.0 Å². The molecule has 0 aliphatic carbocycles. The van der Waals surface area contributed by atoms with Crippen molar-refractivity contribution in [1.29, 1.82) is 0 Å². The predicted molar refractivity (Wildman–Crippen MR) is 72.7 cm³/mol. The van der Waals surface area contributed by atoms with Crippen molar-refractivity contribution in [2.24, 2.45) is 5.92 Å². The molecule has 0 aromatic carbocycles. The zero-order chi connectivity index (χ0) is 14.5. The third-order valence-electron chi connectivity index (χ3n) is 3.15. The molecule has 0 saturated carbocycles. The Morgan fingerprint density at radius 3 is 2.42 bits per heavy atom. The highest BCUT2D eigenvalue weighted by Gasteiger charge is 2.33. The molecular weight excluding hydrogens is 246 g/mol. The van der Waals surface area contributed by atoms with Gasteiger partial charge in [0.05, 0.1) is 5.60 Å². The molecule has 1 atom stereocenters. The summed E-state index contributed by atoms with van der Waals surface area (Å²) >= 11 is 0. The van der Waals surface area contributed by atoms with E-state index in [1.807, 2.05) is 20.8 Å². The maximum absolute atomic E-state index is 11.8. The predicted octanol–water partition coefficient (Wildman–Crippen LogP) is -0.358. The Bertz CT molecular complexity index is 327. The van der Waals surface area contributed by atoms with Gasteiger partial charge >= 0.3 is 0 Å². The quantitative estimate of drug-likeness (QED) is 0.591. The van der Waals surface area contributed by atoms with Gasteiger partial charge < -0.3 is 20.7 Å². The Labute approximate surface area is 114 Å². The molecular formula is C13H25N3O3. The zero-order valence-corrected chi connectivity index (χ0v) is 12.2. The third-order valence-corrected chi connectivity index (χ3v) is 3.15. The monoisotopic (exact) mass is 271 g/mol. The molecule has 6 heteroatoms. The first-order chi connectivity index (χ1) is 8.86. The van der Waals surface area contributed by atoms with Gasteiger partial charge in [0.1, 0.15) is 12.6 Å². The first-order valence-corrected chi connectivity index (χ1v) is 6.72. The molecule has 2 amide bonds. The van der Waals surface area contributed by atoms with Crippen molar-refractivity contribution in [1.82, 2.24) is 16.0 Å². The minimum absolute atomic E-state index is 0.0101. The Kier molecular flexibility index (Phi) is 5.75. The molecule has 1 heterocycles. The van der Waals surface area contributed by atoms with E-state index >= 15 is 0 Å². The van der Waals surface area contributed by atoms with E-state index < -0.39 is 6.04 Å². The van der Waals surface area contributed by atoms with Crippen molar-refractivity contribution in [3.8, 4) is 0 Å². The van der Waals surface area contributed by atoms with Crippen LogP contribution in [-0.2, 0) is 14.3 Å². The molecule has 0 radical (unpaired) electrons. The lowest BCUT2D eigenvalue weighted by atomic mass is 10.0. The number of hydrogen-bond acceptors (Lipinski definition) is 4. The summed E-state index contributed by atoms with van der Waals surface area (Å²) in [6.07, 6.45) is 0.615. The van der Waals surface area contributed by atoms with E-state index in [4.69, 9.17) is 4.74 Å². The number of rotatable bonds is 7. The smallest absolute Gasteiger partial charge is 0.246 e. The second-order valence-electron chi connectivity index (χ2n) is 5.71. The van der Waals surface area contributed by atoms with Crippen LogP contribution in [0.25, 0.3) is 0 Å². The largest absolute Gasteiger partial charge is 0.363 e. The second-order valence-corrected chi connectivity index (χ2v) is 5.71. The SMILES string of the molecule is CNC(=O)C(CC(C)C)NC(=O)COC1(C)CNC1. The van der Waals surface area contributed by atoms with Gasteiger partial charge in [0.2, 0.25) is 11.8 Å². The van der Waals surface area contributed by atoms with Crippen LogP contribution >= 0.6 is 0 Å². The Balaban J connectivity index is 2.39. The zero-order valence-electron chi connectivity index (χ0n) is 12.2. The summed E-state index contributed by atoms with van der Waals surface area (Å²) < 4.78 is 5.54. The maximum Gasteiger partial charge on any atom is 0.246 e. The van der Waals surface area contributed by atoms with Crippen molar-refractivity contribution >= 4 is 11.8 Å². The summed E-state index contributed by atoms with van der Waals surface area (Å²) in [4.78, 5) is 23.5. The van der Waals surface area contributed by atoms with Gasteiger partial charge in [-0.15, -0.1) is 0 Å². The molecule has 6 nitrogen and oxygen atoms in total. The fraction of sp³-hybridized carbons (Fsp3) is 0.846. The van der Waals surface area contributed by atoms with Gasteiger partial charge in [-0.3, -0.25) is 9.59 Å². The van der Waals surface area contributed by atoms with E-state index in [1.165, 1.54) is 0 Å². The van der Waals surface area contributed by atoms with Crippen molar-refractivity contribution in [2.75, 3.05) is 26.7 Å². The van der Waals surface area contributed by atoms with Gasteiger partial charge in [0.25, 0.3) is 0 Å². The molecule has 3 N–H and O–H groups in total. The van der Waals surface area contributed by atoms with Crippen LogP contribution in [0, 0.1) is 5.92 Å². The lowest BCUT2D eigenvalue weighted by molar-refractivity contribution is -0.139. The van der Waals surface area contributed by atoms with Crippen LogP contribution in [0.5, 0.6) is 0 Å². The van der Waals surface area contributed by atoms with Crippen LogP contribution in [0.3, 0.4) is 0 Å². The molecule has 1 saturated heterocycles. The highest BCUT2D eigenvalue weighted by Crippen LogP contribution is 2.14. The average molecular weight is 271 g/mol. The Morgan fingerprint density at radius 1 is 1.37 bits per heavy atom. The molecule has 1 aliphatic heterocycles. The minimum Gasteiger partial charge on any atom is -0.363 e. The number of nitrogens with one attached hydrogen (secondary N) is 3. The molecule has 0 aromatic heterocycles. The van der Waals surface area contributed by atoms with E-state index in [0.717, 1.165) is 13.1 Å². The summed E-state index contributed by atoms with van der Waals surface area (Å²) in [7, 11) is 1.57. The van der Waals surface area contributed by atoms with Gasteiger partial charge in [-0.2, -0.15) is 0 Å². The van der Waals surface area contributed by atoms with Gasteiger partial charge in [-0.05, 0) is 19.3 Å². The summed E-state index contributed by atoms with van der Waals surface area (Å²) in [6, 6.07) is -0.492. The molecule has 1 unspecified atom stereocenters. The number of amides is 2. The lowest BCUT2D eigenvalue weighted by Crippen LogP contribution is -2.60. The lowest BCUT2D eigenvalue weighted by Gasteiger charge is -2.38. The standard InChI is InChI=1S/C13H25N3O3/c1-9(2)5-10(12(18)14-4)16-11(17)6-19-13(3)7-15-8-13/h9-10,15H,5-8H2,1-4H3,(H,14,18)(H,16,17). The normalized spacial score (nSPS) is 18.6. The molecule has 110 valence electrons. The first kappa shape index (κ1) is 15.9. The maximum atomic E-state index is 11.8.